The number of thiophene rings is 1. The Morgan fingerprint density at radius 2 is 1.86 bits per heavy atom. The number of amides is 1. The lowest BCUT2D eigenvalue weighted by Gasteiger charge is -2.16. The molecule has 0 radical (unpaired) electrons. The molecule has 4 aromatic rings. The number of fused-ring (bicyclic) bond motifs is 1. The Bertz CT molecular complexity index is 1350. The molecule has 3 N–H and O–H groups in total. The average Bonchev–Trinajstić information content (AvgIpc) is 3.32. The lowest BCUT2D eigenvalue weighted by molar-refractivity contribution is -0.118. The molecule has 1 amide bonds. The van der Waals surface area contributed by atoms with Gasteiger partial charge in [-0.1, -0.05) is 24.3 Å². The SMILES string of the molecule is CC(=O)NCCNc1ccc2nc(C)nc(NC(C)c3ccc(-c4ccccc4CN(C)C)s3)c2c1. The van der Waals surface area contributed by atoms with Crippen LogP contribution >= 0.6 is 11.3 Å². The normalized spacial score (nSPS) is 12.1. The first-order chi connectivity index (χ1) is 17.3. The van der Waals surface area contributed by atoms with Crippen LogP contribution in [0.15, 0.2) is 54.6 Å². The molecule has 36 heavy (non-hydrogen) atoms. The highest BCUT2D eigenvalue weighted by molar-refractivity contribution is 7.15. The van der Waals surface area contributed by atoms with E-state index in [4.69, 9.17) is 4.98 Å². The minimum atomic E-state index is -0.0300. The molecule has 8 heteroatoms. The van der Waals surface area contributed by atoms with E-state index in [0.717, 1.165) is 34.8 Å². The van der Waals surface area contributed by atoms with Gasteiger partial charge in [0.25, 0.3) is 0 Å². The number of carbonyl (C=O) groups excluding carboxylic acids is 1. The van der Waals surface area contributed by atoms with E-state index in [-0.39, 0.29) is 11.9 Å². The van der Waals surface area contributed by atoms with Crippen LogP contribution in [-0.2, 0) is 11.3 Å². The minimum Gasteiger partial charge on any atom is -0.383 e. The zero-order valence-electron chi connectivity index (χ0n) is 21.6. The predicted molar refractivity (Wildman–Crippen MR) is 151 cm³/mol. The summed E-state index contributed by atoms with van der Waals surface area (Å²) in [4.78, 5) is 25.2. The van der Waals surface area contributed by atoms with E-state index in [9.17, 15) is 4.79 Å². The second-order valence-corrected chi connectivity index (χ2v) is 10.3. The summed E-state index contributed by atoms with van der Waals surface area (Å²) in [5.74, 6) is 1.52. The van der Waals surface area contributed by atoms with Crippen molar-refractivity contribution < 1.29 is 4.79 Å². The van der Waals surface area contributed by atoms with Gasteiger partial charge in [-0.05, 0) is 69.4 Å². The van der Waals surface area contributed by atoms with E-state index in [1.807, 2.05) is 30.4 Å². The third-order valence-electron chi connectivity index (χ3n) is 5.81. The number of benzene rings is 2. The summed E-state index contributed by atoms with van der Waals surface area (Å²) in [7, 11) is 4.20. The van der Waals surface area contributed by atoms with Crippen molar-refractivity contribution in [2.75, 3.05) is 37.8 Å². The molecule has 0 fully saturated rings. The number of hydrogen-bond acceptors (Lipinski definition) is 7. The largest absolute Gasteiger partial charge is 0.383 e. The smallest absolute Gasteiger partial charge is 0.216 e. The van der Waals surface area contributed by atoms with Crippen LogP contribution in [-0.4, -0.2) is 48.0 Å². The van der Waals surface area contributed by atoms with Gasteiger partial charge in [-0.3, -0.25) is 4.79 Å². The zero-order chi connectivity index (χ0) is 25.7. The molecule has 0 bridgehead atoms. The average molecular weight is 503 g/mol. The van der Waals surface area contributed by atoms with Crippen molar-refractivity contribution in [3.05, 3.63) is 70.9 Å². The van der Waals surface area contributed by atoms with Gasteiger partial charge >= 0.3 is 0 Å². The molecule has 0 saturated heterocycles. The maximum Gasteiger partial charge on any atom is 0.216 e. The number of rotatable bonds is 10. The first-order valence-corrected chi connectivity index (χ1v) is 13.0. The molecule has 7 nitrogen and oxygen atoms in total. The van der Waals surface area contributed by atoms with Crippen molar-refractivity contribution in [3.8, 4) is 10.4 Å². The summed E-state index contributed by atoms with van der Waals surface area (Å²) in [5, 5.41) is 10.8. The highest BCUT2D eigenvalue weighted by Crippen LogP contribution is 2.35. The molecule has 4 rings (SSSR count). The maximum absolute atomic E-state index is 11.1. The Morgan fingerprint density at radius 1 is 1.06 bits per heavy atom. The molecule has 0 spiro atoms. The number of aromatic nitrogens is 2. The van der Waals surface area contributed by atoms with E-state index in [1.165, 1.54) is 27.8 Å². The number of nitrogens with one attached hydrogen (secondary N) is 3. The summed E-state index contributed by atoms with van der Waals surface area (Å²) in [6, 6.07) is 19.2. The van der Waals surface area contributed by atoms with Crippen LogP contribution < -0.4 is 16.0 Å². The Morgan fingerprint density at radius 3 is 2.64 bits per heavy atom. The number of anilines is 2. The van der Waals surface area contributed by atoms with Crippen LogP contribution in [0.3, 0.4) is 0 Å². The van der Waals surface area contributed by atoms with E-state index in [0.29, 0.717) is 13.1 Å². The molecule has 2 heterocycles. The van der Waals surface area contributed by atoms with Crippen molar-refractivity contribution in [3.63, 3.8) is 0 Å². The number of hydrogen-bond donors (Lipinski definition) is 3. The lowest BCUT2D eigenvalue weighted by Crippen LogP contribution is -2.26. The summed E-state index contributed by atoms with van der Waals surface area (Å²) >= 11 is 1.81. The van der Waals surface area contributed by atoms with Crippen LogP contribution in [0.5, 0.6) is 0 Å². The van der Waals surface area contributed by atoms with Crippen molar-refractivity contribution in [1.82, 2.24) is 20.2 Å². The lowest BCUT2D eigenvalue weighted by atomic mass is 10.1. The molecule has 0 aliphatic heterocycles. The van der Waals surface area contributed by atoms with Crippen LogP contribution in [0.25, 0.3) is 21.3 Å². The summed E-state index contributed by atoms with van der Waals surface area (Å²) in [5.41, 5.74) is 4.47. The van der Waals surface area contributed by atoms with Gasteiger partial charge in [-0.25, -0.2) is 9.97 Å². The molecule has 0 saturated carbocycles. The fourth-order valence-corrected chi connectivity index (χ4v) is 5.23. The molecule has 188 valence electrons. The monoisotopic (exact) mass is 502 g/mol. The van der Waals surface area contributed by atoms with Gasteiger partial charge in [-0.2, -0.15) is 0 Å². The standard InChI is InChI=1S/C28H34N6OS/c1-18(26-12-13-27(36-26)23-9-7-6-8-21(23)17-34(4)5)31-28-24-16-22(30-15-14-29-20(3)35)10-11-25(24)32-19(2)33-28/h6-13,16,18,30H,14-15,17H2,1-5H3,(H,29,35)(H,31,32,33). The molecule has 1 atom stereocenters. The topological polar surface area (TPSA) is 82.2 Å². The molecule has 0 aliphatic carbocycles. The molecule has 2 aromatic carbocycles. The maximum atomic E-state index is 11.1. The van der Waals surface area contributed by atoms with Crippen LogP contribution in [0.1, 0.15) is 36.2 Å². The third kappa shape index (κ3) is 6.38. The highest BCUT2D eigenvalue weighted by atomic mass is 32.1. The Labute approximate surface area is 217 Å². The molecular weight excluding hydrogens is 468 g/mol. The van der Waals surface area contributed by atoms with Crippen LogP contribution in [0.2, 0.25) is 0 Å². The van der Waals surface area contributed by atoms with Gasteiger partial charge in [-0.15, -0.1) is 11.3 Å². The quantitative estimate of drug-likeness (QED) is 0.250. The number of aryl methyl sites for hydroxylation is 1. The second-order valence-electron chi connectivity index (χ2n) is 9.22. The van der Waals surface area contributed by atoms with E-state index in [2.05, 4.69) is 89.3 Å². The number of nitrogens with zero attached hydrogens (tertiary/aromatic N) is 3. The van der Waals surface area contributed by atoms with E-state index < -0.39 is 0 Å². The molecule has 2 aromatic heterocycles. The number of carbonyl (C=O) groups is 1. The second kappa shape index (κ2) is 11.5. The van der Waals surface area contributed by atoms with E-state index in [1.54, 1.807) is 0 Å². The molecule has 1 unspecified atom stereocenters. The van der Waals surface area contributed by atoms with Gasteiger partial charge in [0.15, 0.2) is 0 Å². The first-order valence-electron chi connectivity index (χ1n) is 12.2. The van der Waals surface area contributed by atoms with Gasteiger partial charge in [0.05, 0.1) is 11.6 Å². The van der Waals surface area contributed by atoms with Gasteiger partial charge in [0.2, 0.25) is 5.91 Å². The summed E-state index contributed by atoms with van der Waals surface area (Å²) in [6.45, 7) is 7.72. The van der Waals surface area contributed by atoms with Gasteiger partial charge < -0.3 is 20.9 Å². The van der Waals surface area contributed by atoms with Crippen LogP contribution in [0.4, 0.5) is 11.5 Å². The Kier molecular flexibility index (Phi) is 8.18. The van der Waals surface area contributed by atoms with E-state index >= 15 is 0 Å². The Hall–Kier alpha value is -3.49. The molecule has 0 aliphatic rings. The van der Waals surface area contributed by atoms with Gasteiger partial charge in [0, 0.05) is 47.4 Å². The first kappa shape index (κ1) is 25.6. The fourth-order valence-electron chi connectivity index (χ4n) is 4.16. The van der Waals surface area contributed by atoms with Crippen molar-refractivity contribution >= 4 is 39.7 Å². The molecular formula is C28H34N6OS. The van der Waals surface area contributed by atoms with Crippen molar-refractivity contribution in [1.29, 1.82) is 0 Å². The zero-order valence-corrected chi connectivity index (χ0v) is 22.4. The fraction of sp³-hybridized carbons (Fsp3) is 0.321. The highest BCUT2D eigenvalue weighted by Gasteiger charge is 2.15. The predicted octanol–water partition coefficient (Wildman–Crippen LogP) is 5.45. The van der Waals surface area contributed by atoms with Gasteiger partial charge in [0.1, 0.15) is 11.6 Å². The third-order valence-corrected chi connectivity index (χ3v) is 7.11. The van der Waals surface area contributed by atoms with Crippen LogP contribution in [0, 0.1) is 6.92 Å². The minimum absolute atomic E-state index is 0.0300. The van der Waals surface area contributed by atoms with Crippen molar-refractivity contribution in [2.45, 2.75) is 33.4 Å². The summed E-state index contributed by atoms with van der Waals surface area (Å²) in [6.07, 6.45) is 0. The summed E-state index contributed by atoms with van der Waals surface area (Å²) < 4.78 is 0. The Balaban J connectivity index is 1.55. The van der Waals surface area contributed by atoms with Crippen molar-refractivity contribution in [2.24, 2.45) is 0 Å².